The number of benzene rings is 2. The van der Waals surface area contributed by atoms with Gasteiger partial charge in [-0.2, -0.15) is 0 Å². The smallest absolute Gasteiger partial charge is 0.223 e. The van der Waals surface area contributed by atoms with Gasteiger partial charge in [0.05, 0.1) is 6.04 Å². The van der Waals surface area contributed by atoms with Gasteiger partial charge in [-0.05, 0) is 75.5 Å². The lowest BCUT2D eigenvalue weighted by molar-refractivity contribution is -0.127. The van der Waals surface area contributed by atoms with Gasteiger partial charge in [0.25, 0.3) is 0 Å². The van der Waals surface area contributed by atoms with E-state index < -0.39 is 0 Å². The summed E-state index contributed by atoms with van der Waals surface area (Å²) in [5, 5.41) is 4.01. The summed E-state index contributed by atoms with van der Waals surface area (Å²) >= 11 is 6.08. The summed E-state index contributed by atoms with van der Waals surface area (Å²) < 4.78 is 0. The first-order chi connectivity index (χ1) is 12.9. The number of carbonyl (C=O) groups excluding carboxylic acids is 1. The molecular weight excluding hydrogens is 356 g/mol. The maximum Gasteiger partial charge on any atom is 0.223 e. The third kappa shape index (κ3) is 5.33. The molecule has 2 aromatic rings. The second-order valence-corrected chi connectivity index (χ2v) is 8.21. The van der Waals surface area contributed by atoms with E-state index in [-0.39, 0.29) is 17.9 Å². The zero-order chi connectivity index (χ0) is 19.4. The van der Waals surface area contributed by atoms with Crippen molar-refractivity contribution in [1.82, 2.24) is 10.2 Å². The van der Waals surface area contributed by atoms with Crippen molar-refractivity contribution in [3.05, 3.63) is 69.7 Å². The van der Waals surface area contributed by atoms with Gasteiger partial charge in [0.15, 0.2) is 0 Å². The van der Waals surface area contributed by atoms with Crippen LogP contribution in [0, 0.1) is 19.8 Å². The minimum absolute atomic E-state index is 0.0434. The normalized spacial score (nSPS) is 16.9. The lowest BCUT2D eigenvalue weighted by atomic mass is 9.94. The summed E-state index contributed by atoms with van der Waals surface area (Å²) in [6.07, 6.45) is 1.82. The Morgan fingerprint density at radius 1 is 1.19 bits per heavy atom. The molecule has 1 N–H and O–H groups in total. The molecule has 3 rings (SSSR count). The van der Waals surface area contributed by atoms with Crippen LogP contribution in [-0.2, 0) is 11.3 Å². The molecule has 2 aromatic carbocycles. The minimum Gasteiger partial charge on any atom is -0.349 e. The molecule has 0 bridgehead atoms. The Hall–Kier alpha value is -1.84. The van der Waals surface area contributed by atoms with Gasteiger partial charge in [0.1, 0.15) is 0 Å². The third-order valence-electron chi connectivity index (χ3n) is 5.51. The minimum atomic E-state index is 0.0434. The quantitative estimate of drug-likeness (QED) is 0.782. The van der Waals surface area contributed by atoms with Crippen LogP contribution < -0.4 is 5.32 Å². The molecule has 1 aliphatic heterocycles. The first-order valence-electron chi connectivity index (χ1n) is 9.76. The second kappa shape index (κ2) is 8.90. The Kier molecular flexibility index (Phi) is 6.56. The van der Waals surface area contributed by atoms with Crippen molar-refractivity contribution >= 4 is 17.5 Å². The second-order valence-electron chi connectivity index (χ2n) is 7.77. The fraction of sp³-hybridized carbons (Fsp3) is 0.435. The standard InChI is InChI=1S/C23H29ClN2O/c1-16-7-8-17(2)22(13-16)18(3)25-23(27)20-9-11-26(12-10-20)15-19-5-4-6-21(24)14-19/h4-8,13-14,18,20H,9-12,15H2,1-3H3,(H,25,27). The van der Waals surface area contributed by atoms with Gasteiger partial charge in [-0.3, -0.25) is 9.69 Å². The van der Waals surface area contributed by atoms with Crippen molar-refractivity contribution in [2.24, 2.45) is 5.92 Å². The Morgan fingerprint density at radius 2 is 1.93 bits per heavy atom. The topological polar surface area (TPSA) is 32.3 Å². The molecule has 1 heterocycles. The van der Waals surface area contributed by atoms with E-state index in [1.807, 2.05) is 18.2 Å². The van der Waals surface area contributed by atoms with Crippen LogP contribution in [0.5, 0.6) is 0 Å². The fourth-order valence-corrected chi connectivity index (χ4v) is 4.10. The van der Waals surface area contributed by atoms with Gasteiger partial charge in [-0.25, -0.2) is 0 Å². The Morgan fingerprint density at radius 3 is 2.63 bits per heavy atom. The SMILES string of the molecule is Cc1ccc(C)c(C(C)NC(=O)C2CCN(Cc3cccc(Cl)c3)CC2)c1. The average Bonchev–Trinajstić information content (AvgIpc) is 2.64. The van der Waals surface area contributed by atoms with Gasteiger partial charge < -0.3 is 5.32 Å². The zero-order valence-electron chi connectivity index (χ0n) is 16.5. The van der Waals surface area contributed by atoms with E-state index in [9.17, 15) is 4.79 Å². The Balaban J connectivity index is 1.51. The van der Waals surface area contributed by atoms with Crippen LogP contribution in [0.4, 0.5) is 0 Å². The van der Waals surface area contributed by atoms with E-state index in [1.165, 1.54) is 22.3 Å². The number of amides is 1. The molecule has 1 atom stereocenters. The van der Waals surface area contributed by atoms with Crippen LogP contribution >= 0.6 is 11.6 Å². The van der Waals surface area contributed by atoms with Gasteiger partial charge in [-0.1, -0.05) is 47.5 Å². The van der Waals surface area contributed by atoms with Crippen molar-refractivity contribution in [2.45, 2.75) is 46.2 Å². The number of likely N-dealkylation sites (tertiary alicyclic amines) is 1. The highest BCUT2D eigenvalue weighted by Gasteiger charge is 2.26. The number of hydrogen-bond donors (Lipinski definition) is 1. The maximum absolute atomic E-state index is 12.7. The van der Waals surface area contributed by atoms with Gasteiger partial charge in [0, 0.05) is 17.5 Å². The lowest BCUT2D eigenvalue weighted by Gasteiger charge is -2.32. The summed E-state index contributed by atoms with van der Waals surface area (Å²) in [7, 11) is 0. The number of nitrogens with one attached hydrogen (secondary N) is 1. The van der Waals surface area contributed by atoms with Crippen LogP contribution in [-0.4, -0.2) is 23.9 Å². The van der Waals surface area contributed by atoms with E-state index in [1.54, 1.807) is 0 Å². The number of carbonyl (C=O) groups is 1. The zero-order valence-corrected chi connectivity index (χ0v) is 17.2. The van der Waals surface area contributed by atoms with Crippen LogP contribution in [0.15, 0.2) is 42.5 Å². The summed E-state index contributed by atoms with van der Waals surface area (Å²) in [4.78, 5) is 15.1. The van der Waals surface area contributed by atoms with E-state index in [0.717, 1.165) is 37.5 Å². The number of hydrogen-bond acceptors (Lipinski definition) is 2. The van der Waals surface area contributed by atoms with Crippen molar-refractivity contribution in [1.29, 1.82) is 0 Å². The maximum atomic E-state index is 12.7. The molecule has 1 aliphatic rings. The van der Waals surface area contributed by atoms with Crippen LogP contribution in [0.3, 0.4) is 0 Å². The summed E-state index contributed by atoms with van der Waals surface area (Å²) in [5.41, 5.74) is 4.89. The highest BCUT2D eigenvalue weighted by atomic mass is 35.5. The van der Waals surface area contributed by atoms with Crippen LogP contribution in [0.25, 0.3) is 0 Å². The monoisotopic (exact) mass is 384 g/mol. The number of halogens is 1. The molecule has 4 heteroatoms. The van der Waals surface area contributed by atoms with Gasteiger partial charge in [-0.15, -0.1) is 0 Å². The molecule has 0 radical (unpaired) electrons. The molecule has 0 aliphatic carbocycles. The van der Waals surface area contributed by atoms with E-state index >= 15 is 0 Å². The van der Waals surface area contributed by atoms with Crippen molar-refractivity contribution in [3.8, 4) is 0 Å². The largest absolute Gasteiger partial charge is 0.349 e. The molecule has 3 nitrogen and oxygen atoms in total. The predicted octanol–water partition coefficient (Wildman–Crippen LogP) is 5.05. The molecule has 27 heavy (non-hydrogen) atoms. The molecule has 0 spiro atoms. The molecule has 0 saturated carbocycles. The average molecular weight is 385 g/mol. The summed E-state index contributed by atoms with van der Waals surface area (Å²) in [6, 6.07) is 14.5. The summed E-state index contributed by atoms with van der Waals surface area (Å²) in [6.45, 7) is 9.06. The van der Waals surface area contributed by atoms with Crippen LogP contribution in [0.1, 0.15) is 48.1 Å². The molecule has 1 saturated heterocycles. The molecule has 0 aromatic heterocycles. The molecule has 1 fully saturated rings. The number of rotatable bonds is 5. The highest BCUT2D eigenvalue weighted by molar-refractivity contribution is 6.30. The first-order valence-corrected chi connectivity index (χ1v) is 10.1. The van der Waals surface area contributed by atoms with Crippen LogP contribution in [0.2, 0.25) is 5.02 Å². The van der Waals surface area contributed by atoms with E-state index in [2.05, 4.69) is 55.3 Å². The number of piperidine rings is 1. The fourth-order valence-electron chi connectivity index (χ4n) is 3.88. The Labute approximate surface area is 167 Å². The van der Waals surface area contributed by atoms with E-state index in [0.29, 0.717) is 0 Å². The summed E-state index contributed by atoms with van der Waals surface area (Å²) in [5.74, 6) is 0.291. The van der Waals surface area contributed by atoms with Gasteiger partial charge >= 0.3 is 0 Å². The molecule has 1 unspecified atom stereocenters. The highest BCUT2D eigenvalue weighted by Crippen LogP contribution is 2.23. The first kappa shape index (κ1) is 19.9. The Bertz CT molecular complexity index is 797. The molecular formula is C23H29ClN2O. The molecule has 1 amide bonds. The van der Waals surface area contributed by atoms with Crippen molar-refractivity contribution < 1.29 is 4.79 Å². The van der Waals surface area contributed by atoms with Crippen molar-refractivity contribution in [2.75, 3.05) is 13.1 Å². The predicted molar refractivity (Wildman–Crippen MR) is 112 cm³/mol. The molecule has 144 valence electrons. The van der Waals surface area contributed by atoms with Gasteiger partial charge in [0.2, 0.25) is 5.91 Å². The lowest BCUT2D eigenvalue weighted by Crippen LogP contribution is -2.41. The number of aryl methyl sites for hydroxylation is 2. The van der Waals surface area contributed by atoms with Crippen molar-refractivity contribution in [3.63, 3.8) is 0 Å². The number of nitrogens with zero attached hydrogens (tertiary/aromatic N) is 1. The van der Waals surface area contributed by atoms with E-state index in [4.69, 9.17) is 11.6 Å². The third-order valence-corrected chi connectivity index (χ3v) is 5.75.